The minimum Gasteiger partial charge on any atom is -0.368 e. The predicted octanol–water partition coefficient (Wildman–Crippen LogP) is 0.415. The highest BCUT2D eigenvalue weighted by Crippen LogP contribution is 2.22. The first-order chi connectivity index (χ1) is 10.8. The highest BCUT2D eigenvalue weighted by Gasteiger charge is 2.23. The summed E-state index contributed by atoms with van der Waals surface area (Å²) in [6.45, 7) is 1.96. The van der Waals surface area contributed by atoms with E-state index in [4.69, 9.17) is 10.3 Å². The molecule has 2 N–H and O–H groups in total. The van der Waals surface area contributed by atoms with Gasteiger partial charge in [0.2, 0.25) is 17.7 Å². The van der Waals surface area contributed by atoms with Gasteiger partial charge in [0.05, 0.1) is 12.2 Å². The van der Waals surface area contributed by atoms with Crippen LogP contribution in [0.2, 0.25) is 0 Å². The van der Waals surface area contributed by atoms with E-state index in [9.17, 15) is 0 Å². The summed E-state index contributed by atoms with van der Waals surface area (Å²) < 4.78 is 5.28. The maximum absolute atomic E-state index is 5.60. The average molecular weight is 296 g/mol. The molecular formula is C13H12N8O. The van der Waals surface area contributed by atoms with Gasteiger partial charge in [0.15, 0.2) is 0 Å². The second kappa shape index (κ2) is 5.11. The van der Waals surface area contributed by atoms with Gasteiger partial charge >= 0.3 is 0 Å². The Morgan fingerprint density at radius 1 is 1.23 bits per heavy atom. The highest BCUT2D eigenvalue weighted by atomic mass is 16.5. The van der Waals surface area contributed by atoms with Crippen LogP contribution in [0.15, 0.2) is 29.3 Å². The molecule has 0 saturated carbocycles. The molecule has 3 aromatic rings. The number of rotatable bonds is 3. The monoisotopic (exact) mass is 296 g/mol. The van der Waals surface area contributed by atoms with Gasteiger partial charge in [-0.3, -0.25) is 4.90 Å². The van der Waals surface area contributed by atoms with E-state index >= 15 is 0 Å². The Kier molecular flexibility index (Phi) is 2.97. The average Bonchev–Trinajstić information content (AvgIpc) is 3.14. The number of nitrogen functional groups attached to an aromatic ring is 1. The Balaban J connectivity index is 1.48. The summed E-state index contributed by atoms with van der Waals surface area (Å²) >= 11 is 0. The zero-order valence-corrected chi connectivity index (χ0v) is 11.5. The highest BCUT2D eigenvalue weighted by molar-refractivity contribution is 5.46. The molecule has 0 bridgehead atoms. The van der Waals surface area contributed by atoms with E-state index in [0.29, 0.717) is 36.4 Å². The molecule has 1 aliphatic heterocycles. The fourth-order valence-electron chi connectivity index (χ4n) is 2.38. The summed E-state index contributed by atoms with van der Waals surface area (Å²) in [5.74, 6) is 1.28. The molecule has 0 atom stereocenters. The number of fused-ring (bicyclic) bond motifs is 1. The van der Waals surface area contributed by atoms with E-state index < -0.39 is 0 Å². The molecule has 0 spiro atoms. The van der Waals surface area contributed by atoms with Crippen LogP contribution in [-0.2, 0) is 19.6 Å². The van der Waals surface area contributed by atoms with Crippen LogP contribution >= 0.6 is 0 Å². The number of hydrogen-bond acceptors (Lipinski definition) is 9. The molecule has 0 aromatic carbocycles. The molecule has 3 aromatic heterocycles. The zero-order chi connectivity index (χ0) is 14.9. The summed E-state index contributed by atoms with van der Waals surface area (Å²) in [5.41, 5.74) is 8.26. The van der Waals surface area contributed by atoms with Crippen LogP contribution in [-0.4, -0.2) is 35.0 Å². The van der Waals surface area contributed by atoms with Crippen LogP contribution in [0.1, 0.15) is 17.1 Å². The van der Waals surface area contributed by atoms with Gasteiger partial charge in [-0.2, -0.15) is 4.98 Å². The number of anilines is 1. The lowest BCUT2D eigenvalue weighted by molar-refractivity contribution is 0.230. The van der Waals surface area contributed by atoms with Crippen LogP contribution in [0.3, 0.4) is 0 Å². The summed E-state index contributed by atoms with van der Waals surface area (Å²) in [6.07, 6.45) is 4.85. The third-order valence-corrected chi connectivity index (χ3v) is 3.38. The molecule has 0 amide bonds. The van der Waals surface area contributed by atoms with E-state index in [2.05, 4.69) is 35.0 Å². The van der Waals surface area contributed by atoms with Crippen molar-refractivity contribution in [1.29, 1.82) is 0 Å². The lowest BCUT2D eigenvalue weighted by atomic mass is 10.3. The number of nitrogens with two attached hydrogens (primary N) is 1. The summed E-state index contributed by atoms with van der Waals surface area (Å²) in [7, 11) is 0. The predicted molar refractivity (Wildman–Crippen MR) is 74.7 cm³/mol. The number of nitrogens with zero attached hydrogens (tertiary/aromatic N) is 7. The molecule has 4 heterocycles. The van der Waals surface area contributed by atoms with E-state index in [1.165, 1.54) is 6.33 Å². The van der Waals surface area contributed by atoms with E-state index in [1.54, 1.807) is 18.5 Å². The third kappa shape index (κ3) is 2.37. The minimum atomic E-state index is 0.296. The fourth-order valence-corrected chi connectivity index (χ4v) is 2.38. The molecule has 4 rings (SSSR count). The van der Waals surface area contributed by atoms with Gasteiger partial charge in [-0.15, -0.1) is 0 Å². The standard InChI is InChI=1S/C13H12N8O/c14-13-16-3-8-4-21(5-10(8)18-13)6-11-19-12(20-22-11)9-1-2-15-7-17-9/h1-3,7H,4-6H2,(H2,14,16,18). The topological polar surface area (TPSA) is 120 Å². The Morgan fingerprint density at radius 2 is 2.18 bits per heavy atom. The van der Waals surface area contributed by atoms with Gasteiger partial charge in [0.1, 0.15) is 12.0 Å². The van der Waals surface area contributed by atoms with Crippen molar-refractivity contribution >= 4 is 5.95 Å². The molecular weight excluding hydrogens is 284 g/mol. The second-order valence-electron chi connectivity index (χ2n) is 4.95. The van der Waals surface area contributed by atoms with Crippen molar-refractivity contribution in [3.8, 4) is 11.5 Å². The van der Waals surface area contributed by atoms with Crippen LogP contribution in [0.4, 0.5) is 5.95 Å². The minimum absolute atomic E-state index is 0.296. The summed E-state index contributed by atoms with van der Waals surface area (Å²) in [6, 6.07) is 1.73. The van der Waals surface area contributed by atoms with Gasteiger partial charge in [-0.25, -0.2) is 19.9 Å². The maximum atomic E-state index is 5.60. The molecule has 0 aliphatic carbocycles. The Hall–Kier alpha value is -2.94. The second-order valence-corrected chi connectivity index (χ2v) is 4.95. The normalized spacial score (nSPS) is 14.2. The fraction of sp³-hybridized carbons (Fsp3) is 0.231. The molecule has 0 radical (unpaired) electrons. The van der Waals surface area contributed by atoms with Crippen LogP contribution < -0.4 is 5.73 Å². The molecule has 9 nitrogen and oxygen atoms in total. The first-order valence-electron chi connectivity index (χ1n) is 6.69. The van der Waals surface area contributed by atoms with Crippen molar-refractivity contribution in [2.24, 2.45) is 0 Å². The lowest BCUT2D eigenvalue weighted by Crippen LogP contribution is -2.16. The summed E-state index contributed by atoms with van der Waals surface area (Å²) in [4.78, 5) is 22.7. The Bertz CT molecular complexity index is 803. The maximum Gasteiger partial charge on any atom is 0.241 e. The van der Waals surface area contributed by atoms with Crippen molar-refractivity contribution in [3.63, 3.8) is 0 Å². The van der Waals surface area contributed by atoms with Crippen LogP contribution in [0, 0.1) is 0 Å². The molecule has 22 heavy (non-hydrogen) atoms. The smallest absolute Gasteiger partial charge is 0.241 e. The molecule has 0 unspecified atom stereocenters. The van der Waals surface area contributed by atoms with E-state index in [-0.39, 0.29) is 0 Å². The largest absolute Gasteiger partial charge is 0.368 e. The summed E-state index contributed by atoms with van der Waals surface area (Å²) in [5, 5.41) is 3.94. The number of hydrogen-bond donors (Lipinski definition) is 1. The molecule has 1 aliphatic rings. The van der Waals surface area contributed by atoms with Crippen molar-refractivity contribution < 1.29 is 4.52 Å². The van der Waals surface area contributed by atoms with Crippen molar-refractivity contribution in [2.45, 2.75) is 19.6 Å². The molecule has 110 valence electrons. The van der Waals surface area contributed by atoms with Gasteiger partial charge in [0, 0.05) is 31.0 Å². The quantitative estimate of drug-likeness (QED) is 0.732. The van der Waals surface area contributed by atoms with Gasteiger partial charge < -0.3 is 10.3 Å². The Morgan fingerprint density at radius 3 is 3.05 bits per heavy atom. The van der Waals surface area contributed by atoms with Crippen molar-refractivity contribution in [3.05, 3.63) is 41.9 Å². The van der Waals surface area contributed by atoms with Gasteiger partial charge in [-0.1, -0.05) is 5.16 Å². The zero-order valence-electron chi connectivity index (χ0n) is 11.5. The molecule has 9 heteroatoms. The molecule has 0 saturated heterocycles. The van der Waals surface area contributed by atoms with Crippen molar-refractivity contribution in [1.82, 2.24) is 35.0 Å². The van der Waals surface area contributed by atoms with Gasteiger partial charge in [-0.05, 0) is 6.07 Å². The first-order valence-corrected chi connectivity index (χ1v) is 6.69. The lowest BCUT2D eigenvalue weighted by Gasteiger charge is -2.10. The first kappa shape index (κ1) is 12.8. The molecule has 0 fully saturated rings. The van der Waals surface area contributed by atoms with Crippen LogP contribution in [0.5, 0.6) is 0 Å². The SMILES string of the molecule is Nc1ncc2c(n1)CN(Cc1nc(-c3ccncn3)no1)C2. The van der Waals surface area contributed by atoms with E-state index in [1.807, 2.05) is 0 Å². The van der Waals surface area contributed by atoms with Crippen molar-refractivity contribution in [2.75, 3.05) is 5.73 Å². The third-order valence-electron chi connectivity index (χ3n) is 3.38. The van der Waals surface area contributed by atoms with Gasteiger partial charge in [0.25, 0.3) is 0 Å². The van der Waals surface area contributed by atoms with Crippen LogP contribution in [0.25, 0.3) is 11.5 Å². The number of aromatic nitrogens is 6. The Labute approximate surface area is 125 Å². The van der Waals surface area contributed by atoms with E-state index in [0.717, 1.165) is 17.8 Å².